The van der Waals surface area contributed by atoms with E-state index in [1.807, 2.05) is 36.9 Å². The van der Waals surface area contributed by atoms with Crippen molar-refractivity contribution >= 4 is 75.2 Å². The number of piperidine rings is 3. The summed E-state index contributed by atoms with van der Waals surface area (Å²) < 4.78 is 23.4. The van der Waals surface area contributed by atoms with Gasteiger partial charge in [0.25, 0.3) is 23.3 Å². The number of carbonyl (C=O) groups is 5. The van der Waals surface area contributed by atoms with Gasteiger partial charge in [-0.1, -0.05) is 17.7 Å². The molecule has 9 rings (SSSR count). The Balaban J connectivity index is 0.791. The Hall–Kier alpha value is -6.14. The van der Waals surface area contributed by atoms with Crippen molar-refractivity contribution in [3.05, 3.63) is 75.2 Å². The third kappa shape index (κ3) is 7.90. The van der Waals surface area contributed by atoms with Gasteiger partial charge in [0.15, 0.2) is 18.2 Å². The highest BCUT2D eigenvalue weighted by Crippen LogP contribution is 2.47. The van der Waals surface area contributed by atoms with Crippen LogP contribution >= 0.6 is 11.6 Å². The standard InChI is InChI=1S/C45H50ClFN10O7/c1-25(2)56-31-8-7-28(17-27(31)18-34(42(56)62)64-22-37(59)48-3)50-39-30(46)19-49-44(52-39)54-14-11-26(12-15-54)20-53-16-13-45(35(47)21-53)23-55(24-45)32-6-4-5-29-38(32)43(63)57(41(29)61)33-9-10-36(58)51-40(33)60/h4-8,17-19,25-26,33,35H,9-16,20-24H2,1-3H3,(H,48,59)(H,49,50,52)(H,51,58,60)/t33-,35?/m1/s1. The Kier molecular flexibility index (Phi) is 11.5. The lowest BCUT2D eigenvalue weighted by atomic mass is 9.70. The number of hydrogen-bond acceptors (Lipinski definition) is 13. The number of hydrogen-bond donors (Lipinski definition) is 3. The third-order valence-corrected chi connectivity index (χ3v) is 13.6. The van der Waals surface area contributed by atoms with E-state index in [0.29, 0.717) is 65.7 Å². The van der Waals surface area contributed by atoms with Gasteiger partial charge in [-0.25, -0.2) is 9.37 Å². The first kappa shape index (κ1) is 43.1. The molecular formula is C45H50ClFN10O7. The van der Waals surface area contributed by atoms with E-state index in [9.17, 15) is 28.8 Å². The molecule has 3 N–H and O–H groups in total. The highest BCUT2D eigenvalue weighted by atomic mass is 35.5. The predicted molar refractivity (Wildman–Crippen MR) is 237 cm³/mol. The fraction of sp³-hybridized carbons (Fsp3) is 0.467. The minimum atomic E-state index is -1.06. The van der Waals surface area contributed by atoms with E-state index >= 15 is 4.39 Å². The van der Waals surface area contributed by atoms with Gasteiger partial charge in [0, 0.05) is 75.3 Å². The molecule has 0 radical (unpaired) electrons. The number of benzene rings is 2. The van der Waals surface area contributed by atoms with Gasteiger partial charge in [0.2, 0.25) is 17.8 Å². The maximum absolute atomic E-state index is 16.2. The first-order valence-corrected chi connectivity index (χ1v) is 22.1. The average Bonchev–Trinajstić information content (AvgIpc) is 3.51. The van der Waals surface area contributed by atoms with Gasteiger partial charge in [0.1, 0.15) is 17.2 Å². The second kappa shape index (κ2) is 17.1. The molecule has 17 nitrogen and oxygen atoms in total. The molecule has 4 fully saturated rings. The van der Waals surface area contributed by atoms with Crippen LogP contribution in [0.15, 0.2) is 53.5 Å². The molecule has 0 aliphatic carbocycles. The van der Waals surface area contributed by atoms with Crippen molar-refractivity contribution in [1.29, 1.82) is 0 Å². The number of likely N-dealkylation sites (N-methyl/N-ethyl adjacent to an activating group) is 1. The smallest absolute Gasteiger partial charge is 0.293 e. The van der Waals surface area contributed by atoms with Crippen LogP contribution in [0.4, 0.5) is 27.5 Å². The second-order valence-corrected chi connectivity index (χ2v) is 18.2. The van der Waals surface area contributed by atoms with E-state index < -0.39 is 41.3 Å². The maximum atomic E-state index is 16.2. The van der Waals surface area contributed by atoms with Crippen molar-refractivity contribution in [3.63, 3.8) is 0 Å². The molecule has 2 aromatic carbocycles. The van der Waals surface area contributed by atoms with Crippen molar-refractivity contribution in [2.75, 3.05) is 74.6 Å². The van der Waals surface area contributed by atoms with Crippen LogP contribution in [0.3, 0.4) is 0 Å². The number of pyridine rings is 1. The van der Waals surface area contributed by atoms with E-state index in [-0.39, 0.29) is 53.8 Å². The molecule has 2 aromatic heterocycles. The summed E-state index contributed by atoms with van der Waals surface area (Å²) in [6.45, 7) is 7.69. The Morgan fingerprint density at radius 2 is 1.80 bits per heavy atom. The fourth-order valence-corrected chi connectivity index (χ4v) is 10.00. The molecule has 5 aliphatic rings. The molecule has 1 unspecified atom stereocenters. The van der Waals surface area contributed by atoms with Crippen LogP contribution < -0.4 is 36.0 Å². The molecule has 4 aromatic rings. The summed E-state index contributed by atoms with van der Waals surface area (Å²) in [6.07, 6.45) is 3.07. The predicted octanol–water partition coefficient (Wildman–Crippen LogP) is 4.06. The average molecular weight is 897 g/mol. The molecule has 5 amide bonds. The Bertz CT molecular complexity index is 2630. The summed E-state index contributed by atoms with van der Waals surface area (Å²) in [6, 6.07) is 11.0. The molecule has 4 saturated heterocycles. The second-order valence-electron chi connectivity index (χ2n) is 17.8. The van der Waals surface area contributed by atoms with Crippen molar-refractivity contribution in [1.82, 2.24) is 35.0 Å². The van der Waals surface area contributed by atoms with Crippen molar-refractivity contribution in [2.45, 2.75) is 64.2 Å². The number of anilines is 4. The SMILES string of the molecule is CNC(=O)COc1cc2cc(Nc3nc(N4CCC(CN5CCC6(CN(c7cccc8c7C(=O)N([C@@H]7CCC(=O)NC7=O)C8=O)C6)C(F)C5)CC4)ncc3Cl)ccc2n(C(C)C)c1=O. The number of amides is 5. The lowest BCUT2D eigenvalue weighted by Crippen LogP contribution is -2.66. The summed E-state index contributed by atoms with van der Waals surface area (Å²) in [5.74, 6) is -1.14. The molecule has 5 aliphatic heterocycles. The zero-order chi connectivity index (χ0) is 45.0. The van der Waals surface area contributed by atoms with Crippen LogP contribution in [0, 0.1) is 11.3 Å². The van der Waals surface area contributed by atoms with Crippen LogP contribution in [-0.4, -0.2) is 126 Å². The largest absolute Gasteiger partial charge is 0.478 e. The maximum Gasteiger partial charge on any atom is 0.293 e. The first-order valence-electron chi connectivity index (χ1n) is 21.8. The number of likely N-dealkylation sites (tertiary alicyclic amines) is 1. The molecule has 1 spiro atoms. The van der Waals surface area contributed by atoms with Crippen molar-refractivity contribution in [2.24, 2.45) is 11.3 Å². The minimum Gasteiger partial charge on any atom is -0.478 e. The number of carbonyl (C=O) groups excluding carboxylic acids is 5. The summed E-state index contributed by atoms with van der Waals surface area (Å²) in [7, 11) is 1.50. The summed E-state index contributed by atoms with van der Waals surface area (Å²) in [5.41, 5.74) is 1.53. The van der Waals surface area contributed by atoms with Crippen LogP contribution in [0.5, 0.6) is 5.75 Å². The highest BCUT2D eigenvalue weighted by molar-refractivity contribution is 6.33. The summed E-state index contributed by atoms with van der Waals surface area (Å²) >= 11 is 6.60. The number of ether oxygens (including phenoxy) is 1. The van der Waals surface area contributed by atoms with E-state index in [4.69, 9.17) is 21.3 Å². The molecule has 2 atom stereocenters. The zero-order valence-corrected chi connectivity index (χ0v) is 36.6. The lowest BCUT2D eigenvalue weighted by molar-refractivity contribution is -0.136. The summed E-state index contributed by atoms with van der Waals surface area (Å²) in [4.78, 5) is 93.1. The van der Waals surface area contributed by atoms with E-state index in [0.717, 1.165) is 49.3 Å². The normalized spacial score (nSPS) is 21.4. The number of rotatable bonds is 11. The van der Waals surface area contributed by atoms with Gasteiger partial charge >= 0.3 is 0 Å². The molecular weight excluding hydrogens is 847 g/mol. The zero-order valence-electron chi connectivity index (χ0n) is 35.9. The Morgan fingerprint density at radius 1 is 1.02 bits per heavy atom. The Labute approximate surface area is 373 Å². The van der Waals surface area contributed by atoms with Crippen molar-refractivity contribution in [3.8, 4) is 5.75 Å². The number of nitrogens with zero attached hydrogens (tertiary/aromatic N) is 7. The quantitative estimate of drug-likeness (QED) is 0.183. The number of halogens is 2. The number of aromatic nitrogens is 3. The van der Waals surface area contributed by atoms with Gasteiger partial charge in [-0.05, 0) is 88.4 Å². The van der Waals surface area contributed by atoms with E-state index in [1.54, 1.807) is 35.0 Å². The molecule has 19 heteroatoms. The van der Waals surface area contributed by atoms with Gasteiger partial charge in [-0.15, -0.1) is 0 Å². The van der Waals surface area contributed by atoms with Gasteiger partial charge in [-0.2, -0.15) is 4.98 Å². The molecule has 7 heterocycles. The van der Waals surface area contributed by atoms with E-state index in [2.05, 4.69) is 30.7 Å². The molecule has 0 saturated carbocycles. The van der Waals surface area contributed by atoms with Gasteiger partial charge in [-0.3, -0.25) is 39.0 Å². The number of alkyl halides is 1. The van der Waals surface area contributed by atoms with Crippen molar-refractivity contribution < 1.29 is 33.1 Å². The molecule has 0 bridgehead atoms. The Morgan fingerprint density at radius 3 is 2.52 bits per heavy atom. The van der Waals surface area contributed by atoms with Crippen LogP contribution in [0.1, 0.15) is 72.7 Å². The molecule has 64 heavy (non-hydrogen) atoms. The highest BCUT2D eigenvalue weighted by Gasteiger charge is 2.54. The number of fused-ring (bicyclic) bond motifs is 2. The van der Waals surface area contributed by atoms with Crippen LogP contribution in [-0.2, 0) is 14.4 Å². The van der Waals surface area contributed by atoms with E-state index in [1.165, 1.54) is 7.05 Å². The molecule has 336 valence electrons. The van der Waals surface area contributed by atoms with Gasteiger partial charge in [0.05, 0.1) is 28.5 Å². The monoisotopic (exact) mass is 896 g/mol. The third-order valence-electron chi connectivity index (χ3n) is 13.4. The van der Waals surface area contributed by atoms with Crippen LogP contribution in [0.25, 0.3) is 10.9 Å². The van der Waals surface area contributed by atoms with Crippen LogP contribution in [0.2, 0.25) is 5.02 Å². The minimum absolute atomic E-state index is 0.0432. The number of imide groups is 2. The topological polar surface area (TPSA) is 191 Å². The lowest BCUT2D eigenvalue weighted by Gasteiger charge is -2.57. The summed E-state index contributed by atoms with van der Waals surface area (Å²) in [5, 5.41) is 9.10. The fourth-order valence-electron chi connectivity index (χ4n) is 9.86. The number of nitrogens with one attached hydrogen (secondary N) is 3. The van der Waals surface area contributed by atoms with Gasteiger partial charge < -0.3 is 34.6 Å². The first-order chi connectivity index (χ1) is 30.7.